The summed E-state index contributed by atoms with van der Waals surface area (Å²) in [5, 5.41) is 5.64. The Balaban J connectivity index is 1.20. The molecule has 1 atom stereocenters. The second kappa shape index (κ2) is 12.0. The molecule has 1 unspecified atom stereocenters. The Labute approximate surface area is 238 Å². The molecule has 3 amide bonds. The van der Waals surface area contributed by atoms with Crippen LogP contribution >= 0.6 is 0 Å². The van der Waals surface area contributed by atoms with Crippen LogP contribution in [0.3, 0.4) is 0 Å². The first-order valence-electron chi connectivity index (χ1n) is 13.4. The molecule has 0 aromatic heterocycles. The zero-order valence-electron chi connectivity index (χ0n) is 23.1. The van der Waals surface area contributed by atoms with Gasteiger partial charge in [0, 0.05) is 23.5 Å². The lowest BCUT2D eigenvalue weighted by Gasteiger charge is -2.28. The van der Waals surface area contributed by atoms with Gasteiger partial charge in [-0.1, -0.05) is 56.3 Å². The molecule has 5 rings (SSSR count). The van der Waals surface area contributed by atoms with Crippen molar-refractivity contribution in [2.24, 2.45) is 5.92 Å². The molecule has 0 spiro atoms. The molecule has 0 radical (unpaired) electrons. The summed E-state index contributed by atoms with van der Waals surface area (Å²) in [5.41, 5.74) is 4.47. The van der Waals surface area contributed by atoms with Gasteiger partial charge in [-0.15, -0.1) is 0 Å². The first-order chi connectivity index (χ1) is 19.8. The highest BCUT2D eigenvalue weighted by Crippen LogP contribution is 2.32. The molecule has 1 heterocycles. The van der Waals surface area contributed by atoms with Gasteiger partial charge in [-0.25, -0.2) is 9.59 Å². The molecule has 1 aliphatic heterocycles. The minimum absolute atomic E-state index is 0.0783. The fourth-order valence-corrected chi connectivity index (χ4v) is 4.88. The average Bonchev–Trinajstić information content (AvgIpc) is 3.29. The summed E-state index contributed by atoms with van der Waals surface area (Å²) in [5.74, 6) is 0.733. The number of fused-ring (bicyclic) bond motifs is 1. The third-order valence-corrected chi connectivity index (χ3v) is 6.92. The highest BCUT2D eigenvalue weighted by molar-refractivity contribution is 6.02. The van der Waals surface area contributed by atoms with E-state index in [4.69, 9.17) is 9.47 Å². The van der Waals surface area contributed by atoms with Crippen molar-refractivity contribution in [1.29, 1.82) is 0 Å². The number of rotatable bonds is 8. The van der Waals surface area contributed by atoms with E-state index in [1.165, 1.54) is 7.11 Å². The van der Waals surface area contributed by atoms with Gasteiger partial charge in [-0.2, -0.15) is 0 Å². The molecule has 8 nitrogen and oxygen atoms in total. The molecule has 4 aromatic carbocycles. The molecule has 4 aromatic rings. The first-order valence-corrected chi connectivity index (χ1v) is 13.4. The minimum Gasteiger partial charge on any atom is -0.467 e. The van der Waals surface area contributed by atoms with Crippen molar-refractivity contribution in [3.05, 3.63) is 108 Å². The number of hydrogen-bond acceptors (Lipinski definition) is 5. The molecule has 1 aliphatic rings. The van der Waals surface area contributed by atoms with Gasteiger partial charge in [0.2, 0.25) is 0 Å². The standard InChI is InChI=1S/C33H31N3O5/c1-21(2)30(32(38)40-3)36-20-24-10-9-23(19-29(24)31(36)37)22-11-13-25(14-12-22)34-33(39)35-26-15-17-28(18-16-26)41-27-7-5-4-6-8-27/h4-19,21,30H,20H2,1-3H3,(H2,34,35,39). The maximum Gasteiger partial charge on any atom is 0.328 e. The number of nitrogens with one attached hydrogen (secondary N) is 2. The quantitative estimate of drug-likeness (QED) is 0.232. The Kier molecular flexibility index (Phi) is 8.01. The molecular weight excluding hydrogens is 518 g/mol. The molecule has 41 heavy (non-hydrogen) atoms. The topological polar surface area (TPSA) is 97.0 Å². The van der Waals surface area contributed by atoms with Crippen LogP contribution in [0.25, 0.3) is 11.1 Å². The molecule has 0 aliphatic carbocycles. The molecule has 8 heteroatoms. The number of esters is 1. The Hall–Kier alpha value is -5.11. The lowest BCUT2D eigenvalue weighted by Crippen LogP contribution is -2.45. The summed E-state index contributed by atoms with van der Waals surface area (Å²) in [6.45, 7) is 4.17. The van der Waals surface area contributed by atoms with Crippen LogP contribution in [0.15, 0.2) is 97.1 Å². The van der Waals surface area contributed by atoms with Gasteiger partial charge in [-0.3, -0.25) is 4.79 Å². The van der Waals surface area contributed by atoms with Crippen LogP contribution in [0, 0.1) is 5.92 Å². The lowest BCUT2D eigenvalue weighted by molar-refractivity contribution is -0.147. The van der Waals surface area contributed by atoms with Crippen molar-refractivity contribution in [1.82, 2.24) is 4.90 Å². The fraction of sp³-hybridized carbons (Fsp3) is 0.182. The van der Waals surface area contributed by atoms with Crippen LogP contribution in [-0.4, -0.2) is 36.0 Å². The van der Waals surface area contributed by atoms with Gasteiger partial charge in [-0.05, 0) is 77.2 Å². The van der Waals surface area contributed by atoms with E-state index >= 15 is 0 Å². The van der Waals surface area contributed by atoms with Gasteiger partial charge < -0.3 is 25.0 Å². The number of carbonyl (C=O) groups is 3. The number of amides is 3. The van der Waals surface area contributed by atoms with E-state index in [9.17, 15) is 14.4 Å². The number of anilines is 2. The normalized spacial score (nSPS) is 13.0. The Morgan fingerprint density at radius 1 is 0.780 bits per heavy atom. The zero-order valence-corrected chi connectivity index (χ0v) is 23.1. The fourth-order valence-electron chi connectivity index (χ4n) is 4.88. The average molecular weight is 550 g/mol. The van der Waals surface area contributed by atoms with Gasteiger partial charge >= 0.3 is 12.0 Å². The predicted octanol–water partition coefficient (Wildman–Crippen LogP) is 6.94. The highest BCUT2D eigenvalue weighted by atomic mass is 16.5. The van der Waals surface area contributed by atoms with E-state index < -0.39 is 12.0 Å². The monoisotopic (exact) mass is 549 g/mol. The van der Waals surface area contributed by atoms with Crippen molar-refractivity contribution in [3.8, 4) is 22.6 Å². The Morgan fingerprint density at radius 2 is 1.37 bits per heavy atom. The maximum absolute atomic E-state index is 13.2. The number of hydrogen-bond donors (Lipinski definition) is 2. The smallest absolute Gasteiger partial charge is 0.328 e. The van der Waals surface area contributed by atoms with Crippen LogP contribution in [0.2, 0.25) is 0 Å². The van der Waals surface area contributed by atoms with Crippen molar-refractivity contribution in [2.75, 3.05) is 17.7 Å². The van der Waals surface area contributed by atoms with E-state index in [1.807, 2.05) is 74.5 Å². The van der Waals surface area contributed by atoms with Crippen LogP contribution in [-0.2, 0) is 16.1 Å². The summed E-state index contributed by atoms with van der Waals surface area (Å²) in [7, 11) is 1.34. The summed E-state index contributed by atoms with van der Waals surface area (Å²) >= 11 is 0. The van der Waals surface area contributed by atoms with Crippen LogP contribution < -0.4 is 15.4 Å². The lowest BCUT2D eigenvalue weighted by atomic mass is 10.00. The molecule has 0 saturated heterocycles. The number of urea groups is 1. The van der Waals surface area contributed by atoms with Crippen molar-refractivity contribution >= 4 is 29.3 Å². The van der Waals surface area contributed by atoms with E-state index in [1.54, 1.807) is 41.3 Å². The van der Waals surface area contributed by atoms with Gasteiger partial charge in [0.05, 0.1) is 7.11 Å². The summed E-state index contributed by atoms with van der Waals surface area (Å²) in [4.78, 5) is 39.7. The second-order valence-electron chi connectivity index (χ2n) is 10.1. The number of benzene rings is 4. The zero-order chi connectivity index (χ0) is 28.9. The van der Waals surface area contributed by atoms with Crippen molar-refractivity contribution < 1.29 is 23.9 Å². The number of carbonyl (C=O) groups excluding carboxylic acids is 3. The second-order valence-corrected chi connectivity index (χ2v) is 10.1. The number of nitrogens with zero attached hydrogens (tertiary/aromatic N) is 1. The van der Waals surface area contributed by atoms with E-state index in [2.05, 4.69) is 10.6 Å². The summed E-state index contributed by atoms with van der Waals surface area (Å²) < 4.78 is 10.7. The Morgan fingerprint density at radius 3 is 1.98 bits per heavy atom. The van der Waals surface area contributed by atoms with Crippen molar-refractivity contribution in [2.45, 2.75) is 26.4 Å². The largest absolute Gasteiger partial charge is 0.467 e. The molecule has 0 bridgehead atoms. The van der Waals surface area contributed by atoms with Gasteiger partial charge in [0.1, 0.15) is 17.5 Å². The molecule has 208 valence electrons. The van der Waals surface area contributed by atoms with Crippen molar-refractivity contribution in [3.63, 3.8) is 0 Å². The number of ether oxygens (including phenoxy) is 2. The first kappa shape index (κ1) is 27.5. The number of methoxy groups -OCH3 is 1. The van der Waals surface area contributed by atoms with Crippen LogP contribution in [0.1, 0.15) is 29.8 Å². The third kappa shape index (κ3) is 6.22. The molecule has 0 saturated carbocycles. The molecular formula is C33H31N3O5. The van der Waals surface area contributed by atoms with E-state index in [0.29, 0.717) is 29.2 Å². The molecule has 0 fully saturated rings. The van der Waals surface area contributed by atoms with E-state index in [-0.39, 0.29) is 17.9 Å². The minimum atomic E-state index is -0.639. The van der Waals surface area contributed by atoms with Crippen LogP contribution in [0.4, 0.5) is 16.2 Å². The highest BCUT2D eigenvalue weighted by Gasteiger charge is 2.38. The van der Waals surface area contributed by atoms with E-state index in [0.717, 1.165) is 22.4 Å². The van der Waals surface area contributed by atoms with Crippen LogP contribution in [0.5, 0.6) is 11.5 Å². The summed E-state index contributed by atoms with van der Waals surface area (Å²) in [6.07, 6.45) is 0. The summed E-state index contributed by atoms with van der Waals surface area (Å²) in [6, 6.07) is 28.7. The van der Waals surface area contributed by atoms with Gasteiger partial charge in [0.15, 0.2) is 0 Å². The Bertz CT molecular complexity index is 1550. The van der Waals surface area contributed by atoms with Gasteiger partial charge in [0.25, 0.3) is 5.91 Å². The maximum atomic E-state index is 13.2. The predicted molar refractivity (Wildman–Crippen MR) is 158 cm³/mol. The molecule has 2 N–H and O–H groups in total. The third-order valence-electron chi connectivity index (χ3n) is 6.92. The number of para-hydroxylation sites is 1. The SMILES string of the molecule is COC(=O)C(C(C)C)N1Cc2ccc(-c3ccc(NC(=O)Nc4ccc(Oc5ccccc5)cc4)cc3)cc2C1=O.